The summed E-state index contributed by atoms with van der Waals surface area (Å²) in [5, 5.41) is 5.44. The number of rotatable bonds is 6. The molecule has 4 atom stereocenters. The maximum absolute atomic E-state index is 13.1. The minimum atomic E-state index is -5.44. The van der Waals surface area contributed by atoms with Gasteiger partial charge in [-0.3, -0.25) is 4.55 Å². The van der Waals surface area contributed by atoms with Gasteiger partial charge in [-0.15, -0.1) is 0 Å². The highest BCUT2D eigenvalue weighted by Crippen LogP contribution is 2.52. The molecular formula is C14H24F2O5S. The molecule has 2 saturated carbocycles. The van der Waals surface area contributed by atoms with Gasteiger partial charge in [0.25, 0.3) is 0 Å². The lowest BCUT2D eigenvalue weighted by molar-refractivity contribution is -0.0700. The molecule has 2 aliphatic carbocycles. The van der Waals surface area contributed by atoms with Gasteiger partial charge in [-0.05, 0) is 55.3 Å². The van der Waals surface area contributed by atoms with Crippen LogP contribution < -0.4 is 0 Å². The first-order chi connectivity index (χ1) is 10.1. The predicted molar refractivity (Wildman–Crippen MR) is 76.1 cm³/mol. The van der Waals surface area contributed by atoms with Gasteiger partial charge < -0.3 is 9.84 Å². The number of aliphatic hydroxyl groups excluding tert-OH is 1. The fourth-order valence-corrected chi connectivity index (χ4v) is 4.66. The number of aliphatic hydroxyl groups is 1. The van der Waals surface area contributed by atoms with Gasteiger partial charge in [0.2, 0.25) is 0 Å². The van der Waals surface area contributed by atoms with E-state index in [4.69, 9.17) is 9.29 Å². The molecule has 0 amide bonds. The van der Waals surface area contributed by atoms with Crippen LogP contribution in [0.2, 0.25) is 0 Å². The zero-order valence-electron chi connectivity index (χ0n) is 12.7. The number of alkyl halides is 2. The highest BCUT2D eigenvalue weighted by Gasteiger charge is 2.46. The minimum Gasteiger partial charge on any atom is -0.396 e. The number of halogens is 2. The molecule has 0 aromatic rings. The molecule has 5 nitrogen and oxygen atoms in total. The Morgan fingerprint density at radius 3 is 2.55 bits per heavy atom. The molecule has 8 heteroatoms. The lowest BCUT2D eigenvalue weighted by Crippen LogP contribution is -2.43. The van der Waals surface area contributed by atoms with Crippen molar-refractivity contribution in [3.05, 3.63) is 0 Å². The molecule has 2 bridgehead atoms. The Labute approximate surface area is 129 Å². The van der Waals surface area contributed by atoms with Crippen LogP contribution in [0.25, 0.3) is 0 Å². The fraction of sp³-hybridized carbons (Fsp3) is 1.00. The summed E-state index contributed by atoms with van der Waals surface area (Å²) in [6.45, 7) is 0.943. The van der Waals surface area contributed by atoms with Crippen LogP contribution in [-0.4, -0.2) is 43.2 Å². The van der Waals surface area contributed by atoms with E-state index < -0.39 is 22.0 Å². The van der Waals surface area contributed by atoms with E-state index in [0.29, 0.717) is 18.3 Å². The Kier molecular flexibility index (Phi) is 5.16. The largest absolute Gasteiger partial charge is 0.396 e. The van der Waals surface area contributed by atoms with E-state index >= 15 is 0 Å². The standard InChI is InChI=1S/C14H24F2O5S/c1-10-2-11-3-12(6-13(4-10,5-11)8-17)7-21-9-14(15,16)22(18,19)20/h10-12,17H,2-9H2,1H3,(H,18,19,20). The van der Waals surface area contributed by atoms with E-state index in [2.05, 4.69) is 6.92 Å². The van der Waals surface area contributed by atoms with Crippen LogP contribution in [-0.2, 0) is 14.9 Å². The highest BCUT2D eigenvalue weighted by molar-refractivity contribution is 7.86. The average Bonchev–Trinajstić information content (AvgIpc) is 2.35. The molecule has 0 radical (unpaired) electrons. The topological polar surface area (TPSA) is 83.8 Å². The van der Waals surface area contributed by atoms with Gasteiger partial charge in [-0.2, -0.15) is 17.2 Å². The van der Waals surface area contributed by atoms with Crippen LogP contribution in [0.3, 0.4) is 0 Å². The summed E-state index contributed by atoms with van der Waals surface area (Å²) < 4.78 is 60.6. The van der Waals surface area contributed by atoms with Crippen molar-refractivity contribution in [2.75, 3.05) is 19.8 Å². The highest BCUT2D eigenvalue weighted by atomic mass is 32.2. The van der Waals surface area contributed by atoms with Crippen molar-refractivity contribution in [3.63, 3.8) is 0 Å². The van der Waals surface area contributed by atoms with Crippen LogP contribution in [0.5, 0.6) is 0 Å². The van der Waals surface area contributed by atoms with Crippen molar-refractivity contribution in [1.29, 1.82) is 0 Å². The number of fused-ring (bicyclic) bond motifs is 2. The lowest BCUT2D eigenvalue weighted by Gasteiger charge is -2.49. The monoisotopic (exact) mass is 342 g/mol. The average molecular weight is 342 g/mol. The van der Waals surface area contributed by atoms with Crippen molar-refractivity contribution in [3.8, 4) is 0 Å². The third-order valence-electron chi connectivity index (χ3n) is 4.96. The van der Waals surface area contributed by atoms with Crippen LogP contribution in [0, 0.1) is 23.2 Å². The number of ether oxygens (including phenoxy) is 1. The Morgan fingerprint density at radius 1 is 1.27 bits per heavy atom. The van der Waals surface area contributed by atoms with Gasteiger partial charge in [-0.1, -0.05) is 6.92 Å². The molecule has 0 heterocycles. The van der Waals surface area contributed by atoms with Gasteiger partial charge >= 0.3 is 15.4 Å². The van der Waals surface area contributed by atoms with Gasteiger partial charge in [0.1, 0.15) is 6.61 Å². The first kappa shape index (κ1) is 18.0. The quantitative estimate of drug-likeness (QED) is 0.724. The van der Waals surface area contributed by atoms with E-state index in [-0.39, 0.29) is 24.5 Å². The van der Waals surface area contributed by atoms with Gasteiger partial charge in [0.05, 0.1) is 0 Å². The summed E-state index contributed by atoms with van der Waals surface area (Å²) in [7, 11) is -5.44. The molecule has 2 fully saturated rings. The number of hydrogen-bond donors (Lipinski definition) is 2. The second-order valence-corrected chi connectivity index (χ2v) is 8.75. The minimum absolute atomic E-state index is 0.0255. The normalized spacial score (nSPS) is 36.3. The van der Waals surface area contributed by atoms with E-state index in [1.165, 1.54) is 0 Å². The molecule has 2 aliphatic rings. The Hall–Kier alpha value is -0.310. The summed E-state index contributed by atoms with van der Waals surface area (Å²) >= 11 is 0. The second-order valence-electron chi connectivity index (χ2n) is 7.21. The Morgan fingerprint density at radius 2 is 1.95 bits per heavy atom. The predicted octanol–water partition coefficient (Wildman–Crippen LogP) is 2.31. The third-order valence-corrected chi connectivity index (χ3v) is 5.84. The molecule has 2 rings (SSSR count). The van der Waals surface area contributed by atoms with E-state index in [1.807, 2.05) is 0 Å². The van der Waals surface area contributed by atoms with E-state index in [1.54, 1.807) is 0 Å². The number of hydrogen-bond acceptors (Lipinski definition) is 4. The lowest BCUT2D eigenvalue weighted by atomic mass is 9.57. The summed E-state index contributed by atoms with van der Waals surface area (Å²) in [6.07, 6.45) is 4.52. The maximum Gasteiger partial charge on any atom is 0.392 e. The van der Waals surface area contributed by atoms with Gasteiger partial charge in [0, 0.05) is 13.2 Å². The summed E-state index contributed by atoms with van der Waals surface area (Å²) in [5.41, 5.74) is -0.153. The molecule has 0 spiro atoms. The smallest absolute Gasteiger partial charge is 0.392 e. The van der Waals surface area contributed by atoms with Gasteiger partial charge in [-0.25, -0.2) is 0 Å². The molecule has 0 aromatic heterocycles. The van der Waals surface area contributed by atoms with Crippen molar-refractivity contribution in [1.82, 2.24) is 0 Å². The molecule has 4 unspecified atom stereocenters. The Bertz CT molecular complexity index is 491. The zero-order valence-corrected chi connectivity index (χ0v) is 13.5. The molecule has 130 valence electrons. The van der Waals surface area contributed by atoms with Gasteiger partial charge in [0.15, 0.2) is 0 Å². The van der Waals surface area contributed by atoms with Crippen molar-refractivity contribution >= 4 is 10.1 Å². The summed E-state index contributed by atoms with van der Waals surface area (Å²) in [6, 6.07) is 0. The van der Waals surface area contributed by atoms with Crippen LogP contribution in [0.4, 0.5) is 8.78 Å². The van der Waals surface area contributed by atoms with Crippen molar-refractivity contribution in [2.45, 2.75) is 44.3 Å². The SMILES string of the molecule is CC1CC2CC(COCC(F)(F)S(=O)(=O)O)CC(CO)(C1)C2. The van der Waals surface area contributed by atoms with Crippen LogP contribution in [0.15, 0.2) is 0 Å². The molecule has 2 N–H and O–H groups in total. The fourth-order valence-electron chi connectivity index (χ4n) is 4.42. The second kappa shape index (κ2) is 6.30. The summed E-state index contributed by atoms with van der Waals surface area (Å²) in [5.74, 6) is 1.05. The zero-order chi connectivity index (χ0) is 16.6. The van der Waals surface area contributed by atoms with Crippen LogP contribution in [0.1, 0.15) is 39.0 Å². The van der Waals surface area contributed by atoms with E-state index in [0.717, 1.165) is 25.7 Å². The molecule has 0 saturated heterocycles. The molecule has 22 heavy (non-hydrogen) atoms. The third kappa shape index (κ3) is 3.96. The molecule has 0 aliphatic heterocycles. The Balaban J connectivity index is 1.90. The van der Waals surface area contributed by atoms with Crippen LogP contribution >= 0.6 is 0 Å². The van der Waals surface area contributed by atoms with Crippen molar-refractivity contribution < 1.29 is 31.6 Å². The first-order valence-electron chi connectivity index (χ1n) is 7.60. The molecular weight excluding hydrogens is 318 g/mol. The molecule has 0 aromatic carbocycles. The maximum atomic E-state index is 13.1. The van der Waals surface area contributed by atoms with E-state index in [9.17, 15) is 22.3 Å². The van der Waals surface area contributed by atoms with Crippen molar-refractivity contribution in [2.24, 2.45) is 23.2 Å². The first-order valence-corrected chi connectivity index (χ1v) is 9.04. The summed E-state index contributed by atoms with van der Waals surface area (Å²) in [4.78, 5) is 0.